The van der Waals surface area contributed by atoms with E-state index in [0.29, 0.717) is 21.4 Å². The Balaban J connectivity index is 2.29. The van der Waals surface area contributed by atoms with Crippen molar-refractivity contribution in [1.82, 2.24) is 0 Å². The van der Waals surface area contributed by atoms with E-state index in [2.05, 4.69) is 31.4 Å². The number of nitrogens with one attached hydrogen (secondary N) is 2. The van der Waals surface area contributed by atoms with E-state index in [1.54, 1.807) is 7.11 Å². The molecule has 1 heterocycles. The number of ether oxygens (including phenoxy) is 2. The van der Waals surface area contributed by atoms with E-state index in [1.807, 2.05) is 32.0 Å². The van der Waals surface area contributed by atoms with Crippen molar-refractivity contribution in [2.24, 2.45) is 0 Å². The standard InChI is InChI=1S/C20H26N2O3S2/c1-11-12(2)27-17(16(11)18(23)25-7)22-19(26)21-14-10-13(20(3,4)5)8-9-15(14)24-6/h8-10H,1-7H3,(H2,21,22,26). The van der Waals surface area contributed by atoms with Crippen LogP contribution in [0.25, 0.3) is 0 Å². The molecule has 0 aliphatic rings. The summed E-state index contributed by atoms with van der Waals surface area (Å²) in [6.45, 7) is 10.3. The number of thiophene rings is 1. The SMILES string of the molecule is COC(=O)c1c(NC(=S)Nc2cc(C(C)(C)C)ccc2OC)sc(C)c1C. The molecule has 2 rings (SSSR count). The van der Waals surface area contributed by atoms with Gasteiger partial charge in [-0.25, -0.2) is 4.79 Å². The smallest absolute Gasteiger partial charge is 0.341 e. The van der Waals surface area contributed by atoms with Crippen molar-refractivity contribution in [3.63, 3.8) is 0 Å². The molecule has 0 radical (unpaired) electrons. The highest BCUT2D eigenvalue weighted by atomic mass is 32.1. The number of carbonyl (C=O) groups excluding carboxylic acids is 1. The van der Waals surface area contributed by atoms with Gasteiger partial charge < -0.3 is 20.1 Å². The zero-order valence-corrected chi connectivity index (χ0v) is 18.4. The Morgan fingerprint density at radius 1 is 1.15 bits per heavy atom. The number of thiocarbonyl (C=S) groups is 1. The molecule has 27 heavy (non-hydrogen) atoms. The Labute approximate surface area is 170 Å². The summed E-state index contributed by atoms with van der Waals surface area (Å²) in [6, 6.07) is 5.99. The van der Waals surface area contributed by atoms with Crippen LogP contribution in [-0.2, 0) is 10.2 Å². The number of hydrogen-bond donors (Lipinski definition) is 2. The van der Waals surface area contributed by atoms with Crippen molar-refractivity contribution in [3.8, 4) is 5.75 Å². The Kier molecular flexibility index (Phi) is 6.49. The third-order valence-corrected chi connectivity index (χ3v) is 5.64. The molecular weight excluding hydrogens is 380 g/mol. The molecule has 2 aromatic rings. The van der Waals surface area contributed by atoms with E-state index in [4.69, 9.17) is 21.7 Å². The van der Waals surface area contributed by atoms with E-state index in [-0.39, 0.29) is 11.4 Å². The van der Waals surface area contributed by atoms with Gasteiger partial charge in [0.25, 0.3) is 0 Å². The van der Waals surface area contributed by atoms with Gasteiger partial charge in [0.1, 0.15) is 10.8 Å². The molecule has 0 saturated heterocycles. The lowest BCUT2D eigenvalue weighted by Crippen LogP contribution is -2.21. The largest absolute Gasteiger partial charge is 0.495 e. The Bertz CT molecular complexity index is 867. The maximum absolute atomic E-state index is 12.1. The van der Waals surface area contributed by atoms with Crippen molar-refractivity contribution < 1.29 is 14.3 Å². The first-order chi connectivity index (χ1) is 12.6. The molecule has 0 bridgehead atoms. The van der Waals surface area contributed by atoms with Crippen LogP contribution >= 0.6 is 23.6 Å². The fourth-order valence-electron chi connectivity index (χ4n) is 2.59. The summed E-state index contributed by atoms with van der Waals surface area (Å²) >= 11 is 6.94. The van der Waals surface area contributed by atoms with Crippen LogP contribution < -0.4 is 15.4 Å². The normalized spacial score (nSPS) is 11.1. The van der Waals surface area contributed by atoms with Gasteiger partial charge in [0, 0.05) is 4.88 Å². The van der Waals surface area contributed by atoms with Gasteiger partial charge in [-0.3, -0.25) is 0 Å². The van der Waals surface area contributed by atoms with Crippen molar-refractivity contribution in [1.29, 1.82) is 0 Å². The molecule has 2 N–H and O–H groups in total. The van der Waals surface area contributed by atoms with Crippen LogP contribution in [0.15, 0.2) is 18.2 Å². The number of esters is 1. The molecule has 0 unspecified atom stereocenters. The summed E-state index contributed by atoms with van der Waals surface area (Å²) in [5.41, 5.74) is 3.33. The number of hydrogen-bond acceptors (Lipinski definition) is 5. The highest BCUT2D eigenvalue weighted by Gasteiger charge is 2.21. The van der Waals surface area contributed by atoms with E-state index < -0.39 is 0 Å². The van der Waals surface area contributed by atoms with Crippen molar-refractivity contribution in [2.75, 3.05) is 24.9 Å². The second-order valence-electron chi connectivity index (χ2n) is 7.22. The van der Waals surface area contributed by atoms with Crippen molar-refractivity contribution in [3.05, 3.63) is 39.8 Å². The number of benzene rings is 1. The van der Waals surface area contributed by atoms with Gasteiger partial charge in [0.2, 0.25) is 0 Å². The average molecular weight is 407 g/mol. The highest BCUT2D eigenvalue weighted by Crippen LogP contribution is 2.34. The Hall–Kier alpha value is -2.12. The van der Waals surface area contributed by atoms with Crippen LogP contribution in [0.5, 0.6) is 5.75 Å². The first kappa shape index (κ1) is 21.2. The van der Waals surface area contributed by atoms with Crippen molar-refractivity contribution >= 4 is 45.3 Å². The quantitative estimate of drug-likeness (QED) is 0.533. The van der Waals surface area contributed by atoms with Gasteiger partial charge >= 0.3 is 5.97 Å². The molecule has 0 saturated carbocycles. The molecule has 1 aromatic carbocycles. The summed E-state index contributed by atoms with van der Waals surface area (Å²) in [7, 11) is 2.99. The molecule has 0 fully saturated rings. The maximum Gasteiger partial charge on any atom is 0.341 e. The Morgan fingerprint density at radius 3 is 2.37 bits per heavy atom. The van der Waals surface area contributed by atoms with E-state index in [1.165, 1.54) is 18.4 Å². The fraction of sp³-hybridized carbons (Fsp3) is 0.400. The van der Waals surface area contributed by atoms with Crippen LogP contribution in [0.1, 0.15) is 47.1 Å². The monoisotopic (exact) mass is 406 g/mol. The zero-order chi connectivity index (χ0) is 20.4. The molecular formula is C20H26N2O3S2. The lowest BCUT2D eigenvalue weighted by Gasteiger charge is -2.21. The molecule has 7 heteroatoms. The van der Waals surface area contributed by atoms with Gasteiger partial charge in [-0.15, -0.1) is 11.3 Å². The minimum atomic E-state index is -0.380. The van der Waals surface area contributed by atoms with Crippen LogP contribution in [-0.4, -0.2) is 25.3 Å². The molecule has 146 valence electrons. The van der Waals surface area contributed by atoms with E-state index in [0.717, 1.165) is 21.7 Å². The average Bonchev–Trinajstić information content (AvgIpc) is 2.87. The predicted molar refractivity (Wildman–Crippen MR) is 117 cm³/mol. The third kappa shape index (κ3) is 4.78. The summed E-state index contributed by atoms with van der Waals surface area (Å²) in [5.74, 6) is 0.313. The number of methoxy groups -OCH3 is 2. The molecule has 1 aromatic heterocycles. The summed E-state index contributed by atoms with van der Waals surface area (Å²) in [6.07, 6.45) is 0. The Morgan fingerprint density at radius 2 is 1.81 bits per heavy atom. The maximum atomic E-state index is 12.1. The predicted octanol–water partition coefficient (Wildman–Crippen LogP) is 5.27. The molecule has 0 aliphatic carbocycles. The minimum Gasteiger partial charge on any atom is -0.495 e. The second kappa shape index (κ2) is 8.27. The number of carbonyl (C=O) groups is 1. The van der Waals surface area contributed by atoms with Crippen LogP contribution in [0.3, 0.4) is 0 Å². The lowest BCUT2D eigenvalue weighted by molar-refractivity contribution is 0.0601. The molecule has 0 atom stereocenters. The number of aryl methyl sites for hydroxylation is 1. The molecule has 0 spiro atoms. The van der Waals surface area contributed by atoms with Gasteiger partial charge in [-0.2, -0.15) is 0 Å². The second-order valence-corrected chi connectivity index (χ2v) is 8.86. The summed E-state index contributed by atoms with van der Waals surface area (Å²) in [5, 5.41) is 7.36. The summed E-state index contributed by atoms with van der Waals surface area (Å²) in [4.78, 5) is 13.2. The summed E-state index contributed by atoms with van der Waals surface area (Å²) < 4.78 is 10.3. The fourth-order valence-corrected chi connectivity index (χ4v) is 3.92. The first-order valence-electron chi connectivity index (χ1n) is 8.53. The third-order valence-electron chi connectivity index (χ3n) is 4.32. The van der Waals surface area contributed by atoms with Gasteiger partial charge in [0.15, 0.2) is 5.11 Å². The molecule has 0 aliphatic heterocycles. The zero-order valence-electron chi connectivity index (χ0n) is 16.8. The van der Waals surface area contributed by atoms with E-state index in [9.17, 15) is 4.79 Å². The van der Waals surface area contributed by atoms with Crippen LogP contribution in [0.2, 0.25) is 0 Å². The highest BCUT2D eigenvalue weighted by molar-refractivity contribution is 7.80. The molecule has 0 amide bonds. The lowest BCUT2D eigenvalue weighted by atomic mass is 9.87. The molecule has 5 nitrogen and oxygen atoms in total. The van der Waals surface area contributed by atoms with E-state index >= 15 is 0 Å². The van der Waals surface area contributed by atoms with Crippen LogP contribution in [0.4, 0.5) is 10.7 Å². The van der Waals surface area contributed by atoms with Crippen molar-refractivity contribution in [2.45, 2.75) is 40.0 Å². The van der Waals surface area contributed by atoms with Gasteiger partial charge in [0.05, 0.1) is 25.5 Å². The first-order valence-corrected chi connectivity index (χ1v) is 9.75. The number of anilines is 2. The number of rotatable bonds is 4. The van der Waals surface area contributed by atoms with Gasteiger partial charge in [-0.05, 0) is 54.7 Å². The minimum absolute atomic E-state index is 0.00220. The van der Waals surface area contributed by atoms with Gasteiger partial charge in [-0.1, -0.05) is 26.8 Å². The topological polar surface area (TPSA) is 59.6 Å². The van der Waals surface area contributed by atoms with Crippen LogP contribution in [0, 0.1) is 13.8 Å².